The van der Waals surface area contributed by atoms with E-state index in [2.05, 4.69) is 203 Å². The minimum absolute atomic E-state index is 0.128. The van der Waals surface area contributed by atoms with Crippen molar-refractivity contribution in [1.29, 1.82) is 0 Å². The molecule has 0 heterocycles. The van der Waals surface area contributed by atoms with E-state index in [9.17, 15) is 14.4 Å². The van der Waals surface area contributed by atoms with E-state index < -0.39 is 6.10 Å². The van der Waals surface area contributed by atoms with Gasteiger partial charge in [-0.2, -0.15) is 0 Å². The smallest absolute Gasteiger partial charge is 0.306 e. The molecular formula is C69H104O6. The molecule has 6 nitrogen and oxygen atoms in total. The van der Waals surface area contributed by atoms with E-state index in [0.717, 1.165) is 167 Å². The molecule has 0 saturated heterocycles. The van der Waals surface area contributed by atoms with Crippen LogP contribution in [0, 0.1) is 0 Å². The van der Waals surface area contributed by atoms with Gasteiger partial charge in [0.25, 0.3) is 0 Å². The molecule has 0 aromatic heterocycles. The maximum atomic E-state index is 12.9. The van der Waals surface area contributed by atoms with E-state index in [1.165, 1.54) is 0 Å². The summed E-state index contributed by atoms with van der Waals surface area (Å²) in [5, 5.41) is 0. The number of unbranched alkanes of at least 4 members (excludes halogenated alkanes) is 9. The summed E-state index contributed by atoms with van der Waals surface area (Å²) in [6.45, 7) is 6.19. The molecular weight excluding hydrogens is 925 g/mol. The molecule has 0 spiro atoms. The number of carbonyl (C=O) groups excluding carboxylic acids is 3. The second-order valence-electron chi connectivity index (χ2n) is 18.4. The summed E-state index contributed by atoms with van der Waals surface area (Å²) >= 11 is 0. The van der Waals surface area contributed by atoms with Crippen molar-refractivity contribution in [3.63, 3.8) is 0 Å². The van der Waals surface area contributed by atoms with Gasteiger partial charge >= 0.3 is 17.9 Å². The Kier molecular flexibility index (Phi) is 56.6. The summed E-state index contributed by atoms with van der Waals surface area (Å²) < 4.78 is 16.8. The van der Waals surface area contributed by atoms with Crippen LogP contribution >= 0.6 is 0 Å². The lowest BCUT2D eigenvalue weighted by Crippen LogP contribution is -2.30. The maximum absolute atomic E-state index is 12.9. The number of hydrogen-bond acceptors (Lipinski definition) is 6. The Morgan fingerprint density at radius 1 is 0.267 bits per heavy atom. The van der Waals surface area contributed by atoms with Gasteiger partial charge in [0, 0.05) is 19.3 Å². The van der Waals surface area contributed by atoms with Gasteiger partial charge in [0.2, 0.25) is 0 Å². The van der Waals surface area contributed by atoms with Crippen molar-refractivity contribution in [2.45, 2.75) is 219 Å². The largest absolute Gasteiger partial charge is 0.462 e. The topological polar surface area (TPSA) is 78.9 Å². The van der Waals surface area contributed by atoms with Gasteiger partial charge in [-0.3, -0.25) is 14.4 Å². The highest BCUT2D eigenvalue weighted by atomic mass is 16.6. The lowest BCUT2D eigenvalue weighted by molar-refractivity contribution is -0.167. The normalized spacial score (nSPS) is 13.5. The maximum Gasteiger partial charge on any atom is 0.306 e. The van der Waals surface area contributed by atoms with Crippen molar-refractivity contribution in [3.05, 3.63) is 182 Å². The lowest BCUT2D eigenvalue weighted by Gasteiger charge is -2.18. The second-order valence-corrected chi connectivity index (χ2v) is 18.4. The molecule has 0 N–H and O–H groups in total. The standard InChI is InChI=1S/C69H104O6/c1-4-7-10-13-16-19-22-25-27-29-31-32-33-34-35-36-38-39-41-44-47-50-53-56-59-62-68(71)74-65-66(64-73-67(70)61-58-55-52-49-46-43-24-21-18-15-12-9-6-3)75-69(72)63-60-57-54-51-48-45-42-40-37-30-28-26-23-20-17-14-11-8-5-2/h7-12,16-21,25-28,31-32,34-35,37-40,43-48,66H,4-6,13-15,22-24,29-30,33,36,41-42,49-65H2,1-3H3/b10-7-,11-8-,12-9-,19-16-,20-17-,21-18-,27-25-,28-26-,32-31-,35-34-,39-38-,40-37-,46-43-,47-44-,48-45-. The highest BCUT2D eigenvalue weighted by Gasteiger charge is 2.19. The van der Waals surface area contributed by atoms with Gasteiger partial charge in [0.05, 0.1) is 0 Å². The van der Waals surface area contributed by atoms with Crippen LogP contribution in [-0.4, -0.2) is 37.2 Å². The molecule has 0 rings (SSSR count). The van der Waals surface area contributed by atoms with E-state index in [-0.39, 0.29) is 37.5 Å². The third-order valence-corrected chi connectivity index (χ3v) is 11.4. The second kappa shape index (κ2) is 61.1. The molecule has 0 saturated carbocycles. The van der Waals surface area contributed by atoms with Crippen LogP contribution in [-0.2, 0) is 28.6 Å². The Hall–Kier alpha value is -5.49. The third-order valence-electron chi connectivity index (χ3n) is 11.4. The Morgan fingerprint density at radius 2 is 0.480 bits per heavy atom. The van der Waals surface area contributed by atoms with Crippen LogP contribution in [0.1, 0.15) is 213 Å². The van der Waals surface area contributed by atoms with Crippen molar-refractivity contribution in [2.75, 3.05) is 13.2 Å². The van der Waals surface area contributed by atoms with Gasteiger partial charge in [-0.05, 0) is 154 Å². The summed E-state index contributed by atoms with van der Waals surface area (Å²) in [6.07, 6.45) is 91.7. The van der Waals surface area contributed by atoms with Gasteiger partial charge in [0.1, 0.15) is 13.2 Å². The fourth-order valence-electron chi connectivity index (χ4n) is 7.11. The van der Waals surface area contributed by atoms with E-state index in [4.69, 9.17) is 14.2 Å². The van der Waals surface area contributed by atoms with Crippen LogP contribution in [0.3, 0.4) is 0 Å². The molecule has 0 amide bonds. The van der Waals surface area contributed by atoms with E-state index in [0.29, 0.717) is 19.3 Å². The average molecular weight is 1030 g/mol. The molecule has 0 bridgehead atoms. The molecule has 0 aromatic rings. The zero-order valence-corrected chi connectivity index (χ0v) is 47.5. The first-order valence-electron chi connectivity index (χ1n) is 29.3. The van der Waals surface area contributed by atoms with E-state index in [1.807, 2.05) is 0 Å². The zero-order valence-electron chi connectivity index (χ0n) is 47.5. The molecule has 0 radical (unpaired) electrons. The van der Waals surface area contributed by atoms with Crippen LogP contribution in [0.15, 0.2) is 182 Å². The predicted octanol–water partition coefficient (Wildman–Crippen LogP) is 20.1. The number of rotatable bonds is 50. The van der Waals surface area contributed by atoms with Crippen molar-refractivity contribution in [1.82, 2.24) is 0 Å². The molecule has 6 heteroatoms. The van der Waals surface area contributed by atoms with Crippen LogP contribution in [0.25, 0.3) is 0 Å². The lowest BCUT2D eigenvalue weighted by atomic mass is 10.1. The number of carbonyl (C=O) groups is 3. The number of allylic oxidation sites excluding steroid dienone is 30. The first kappa shape index (κ1) is 69.5. The van der Waals surface area contributed by atoms with Crippen LogP contribution < -0.4 is 0 Å². The molecule has 0 aliphatic heterocycles. The molecule has 1 unspecified atom stereocenters. The van der Waals surface area contributed by atoms with Gasteiger partial charge in [0.15, 0.2) is 6.10 Å². The Bertz CT molecular complexity index is 1800. The molecule has 0 aliphatic carbocycles. The highest BCUT2D eigenvalue weighted by molar-refractivity contribution is 5.71. The number of ether oxygens (including phenoxy) is 3. The van der Waals surface area contributed by atoms with Crippen molar-refractivity contribution in [3.8, 4) is 0 Å². The average Bonchev–Trinajstić information content (AvgIpc) is 3.41. The summed E-state index contributed by atoms with van der Waals surface area (Å²) in [5.41, 5.74) is 0. The Balaban J connectivity index is 4.55. The molecule has 1 atom stereocenters. The van der Waals surface area contributed by atoms with Gasteiger partial charge in [-0.1, -0.05) is 222 Å². The van der Waals surface area contributed by atoms with Gasteiger partial charge < -0.3 is 14.2 Å². The Labute approximate surface area is 459 Å². The summed E-state index contributed by atoms with van der Waals surface area (Å²) in [4.78, 5) is 38.2. The van der Waals surface area contributed by atoms with Crippen molar-refractivity contribution in [2.24, 2.45) is 0 Å². The number of esters is 3. The first-order chi connectivity index (χ1) is 37.0. The van der Waals surface area contributed by atoms with Gasteiger partial charge in [-0.15, -0.1) is 0 Å². The highest BCUT2D eigenvalue weighted by Crippen LogP contribution is 2.11. The summed E-state index contributed by atoms with van der Waals surface area (Å²) in [6, 6.07) is 0. The molecule has 75 heavy (non-hydrogen) atoms. The summed E-state index contributed by atoms with van der Waals surface area (Å²) in [5.74, 6) is -1.03. The molecule has 0 fully saturated rings. The van der Waals surface area contributed by atoms with E-state index >= 15 is 0 Å². The first-order valence-corrected chi connectivity index (χ1v) is 29.3. The third kappa shape index (κ3) is 59.3. The van der Waals surface area contributed by atoms with E-state index in [1.54, 1.807) is 0 Å². The fourth-order valence-corrected chi connectivity index (χ4v) is 7.11. The molecule has 0 aliphatic rings. The molecule has 0 aromatic carbocycles. The van der Waals surface area contributed by atoms with Gasteiger partial charge in [-0.25, -0.2) is 0 Å². The van der Waals surface area contributed by atoms with Crippen LogP contribution in [0.4, 0.5) is 0 Å². The fraction of sp³-hybridized carbons (Fsp3) is 0.522. The van der Waals surface area contributed by atoms with Crippen LogP contribution in [0.5, 0.6) is 0 Å². The van der Waals surface area contributed by atoms with Crippen molar-refractivity contribution < 1.29 is 28.6 Å². The predicted molar refractivity (Wildman–Crippen MR) is 324 cm³/mol. The zero-order chi connectivity index (χ0) is 54.3. The monoisotopic (exact) mass is 1030 g/mol. The molecule has 416 valence electrons. The van der Waals surface area contributed by atoms with Crippen LogP contribution in [0.2, 0.25) is 0 Å². The number of hydrogen-bond donors (Lipinski definition) is 0. The SMILES string of the molecule is CC/C=C\C/C=C\C/C=C\C/C=C\C/C=C\C/C=C\C/C=C\CCCCCC(=O)OCC(COC(=O)CCCCC/C=C\C/C=C\C/C=C\CC)OC(=O)CCCCC/C=C\C/C=C\C/C=C\C/C=C\C/C=C\CC. The minimum atomic E-state index is -0.833. The summed E-state index contributed by atoms with van der Waals surface area (Å²) in [7, 11) is 0. The quantitative estimate of drug-likeness (QED) is 0.0261. The minimum Gasteiger partial charge on any atom is -0.462 e. The Morgan fingerprint density at radius 3 is 0.720 bits per heavy atom. The van der Waals surface area contributed by atoms with Crippen molar-refractivity contribution >= 4 is 17.9 Å².